The molecule has 2 aromatic rings. The molecule has 1 aliphatic heterocycles. The van der Waals surface area contributed by atoms with Crippen LogP contribution in [0.1, 0.15) is 25.1 Å². The number of ether oxygens (including phenoxy) is 1. The molecule has 1 fully saturated rings. The summed E-state index contributed by atoms with van der Waals surface area (Å²) in [6.07, 6.45) is 0.972. The van der Waals surface area contributed by atoms with Crippen molar-refractivity contribution < 1.29 is 13.7 Å². The molecule has 1 atom stereocenters. The van der Waals surface area contributed by atoms with Gasteiger partial charge in [-0.15, -0.1) is 0 Å². The van der Waals surface area contributed by atoms with Crippen molar-refractivity contribution >= 4 is 0 Å². The van der Waals surface area contributed by atoms with Gasteiger partial charge in [-0.1, -0.05) is 11.2 Å². The number of halogens is 1. The predicted octanol–water partition coefficient (Wildman–Crippen LogP) is 2.04. The zero-order chi connectivity index (χ0) is 14.0. The van der Waals surface area contributed by atoms with Crippen LogP contribution < -0.4 is 10.1 Å². The van der Waals surface area contributed by atoms with Crippen molar-refractivity contribution in [2.45, 2.75) is 25.4 Å². The number of nitrogens with one attached hydrogen (secondary N) is 1. The summed E-state index contributed by atoms with van der Waals surface area (Å²) >= 11 is 0. The first-order valence-corrected chi connectivity index (χ1v) is 6.58. The lowest BCUT2D eigenvalue weighted by atomic mass is 9.90. The minimum atomic E-state index is -0.333. The summed E-state index contributed by atoms with van der Waals surface area (Å²) in [7, 11) is 0. The molecule has 2 heterocycles. The maximum atomic E-state index is 13.0. The van der Waals surface area contributed by atoms with Crippen molar-refractivity contribution in [3.05, 3.63) is 41.8 Å². The quantitative estimate of drug-likeness (QED) is 0.926. The number of nitrogens with zero attached hydrogens (tertiary/aromatic N) is 2. The van der Waals surface area contributed by atoms with Crippen LogP contribution in [0.3, 0.4) is 0 Å². The molecule has 3 rings (SSSR count). The van der Waals surface area contributed by atoms with Gasteiger partial charge >= 0.3 is 0 Å². The topological polar surface area (TPSA) is 60.2 Å². The standard InChI is InChI=1S/C14H16FN3O2/c1-14(5-6-16-9-14)13-17-12(18-20-13)8-19-11-4-2-3-10(15)7-11/h2-4,7,16H,5-6,8-9H2,1H3. The van der Waals surface area contributed by atoms with E-state index in [0.717, 1.165) is 19.5 Å². The van der Waals surface area contributed by atoms with Crippen molar-refractivity contribution in [3.63, 3.8) is 0 Å². The van der Waals surface area contributed by atoms with E-state index >= 15 is 0 Å². The third-order valence-electron chi connectivity index (χ3n) is 3.52. The average molecular weight is 277 g/mol. The van der Waals surface area contributed by atoms with Crippen LogP contribution in [-0.4, -0.2) is 23.2 Å². The molecule has 106 valence electrons. The molecule has 0 saturated carbocycles. The van der Waals surface area contributed by atoms with Crippen LogP contribution in [0.15, 0.2) is 28.8 Å². The second kappa shape index (κ2) is 5.20. The highest BCUT2D eigenvalue weighted by atomic mass is 19.1. The van der Waals surface area contributed by atoms with Crippen molar-refractivity contribution in [3.8, 4) is 5.75 Å². The molecule has 0 radical (unpaired) electrons. The van der Waals surface area contributed by atoms with Gasteiger partial charge in [0.2, 0.25) is 11.7 Å². The molecule has 0 bridgehead atoms. The Balaban J connectivity index is 1.65. The fourth-order valence-corrected chi connectivity index (χ4v) is 2.26. The highest BCUT2D eigenvalue weighted by Gasteiger charge is 2.36. The van der Waals surface area contributed by atoms with E-state index in [4.69, 9.17) is 9.26 Å². The predicted molar refractivity (Wildman–Crippen MR) is 69.9 cm³/mol. The van der Waals surface area contributed by atoms with Crippen LogP contribution in [0.5, 0.6) is 5.75 Å². The minimum Gasteiger partial charge on any atom is -0.485 e. The summed E-state index contributed by atoms with van der Waals surface area (Å²) in [5, 5.41) is 7.19. The minimum absolute atomic E-state index is 0.107. The summed E-state index contributed by atoms with van der Waals surface area (Å²) in [4.78, 5) is 4.36. The zero-order valence-electron chi connectivity index (χ0n) is 11.2. The molecule has 1 aromatic heterocycles. The Bertz CT molecular complexity index is 594. The van der Waals surface area contributed by atoms with Crippen molar-refractivity contribution in [2.75, 3.05) is 13.1 Å². The van der Waals surface area contributed by atoms with Gasteiger partial charge in [0.05, 0.1) is 5.41 Å². The second-order valence-electron chi connectivity index (χ2n) is 5.25. The molecule has 5 nitrogen and oxygen atoms in total. The van der Waals surface area contributed by atoms with Gasteiger partial charge in [0.25, 0.3) is 0 Å². The molecule has 1 N–H and O–H groups in total. The van der Waals surface area contributed by atoms with Gasteiger partial charge in [0.15, 0.2) is 6.61 Å². The first kappa shape index (κ1) is 13.1. The van der Waals surface area contributed by atoms with Crippen LogP contribution >= 0.6 is 0 Å². The molecular weight excluding hydrogens is 261 g/mol. The smallest absolute Gasteiger partial charge is 0.234 e. The molecule has 0 aliphatic carbocycles. The van der Waals surface area contributed by atoms with E-state index in [1.807, 2.05) is 0 Å². The molecule has 0 spiro atoms. The summed E-state index contributed by atoms with van der Waals surface area (Å²) in [5.41, 5.74) is -0.107. The second-order valence-corrected chi connectivity index (χ2v) is 5.25. The van der Waals surface area contributed by atoms with E-state index in [9.17, 15) is 4.39 Å². The van der Waals surface area contributed by atoms with Gasteiger partial charge in [0.1, 0.15) is 11.6 Å². The Labute approximate surface area is 116 Å². The average Bonchev–Trinajstić information content (AvgIpc) is 3.06. The molecule has 1 saturated heterocycles. The lowest BCUT2D eigenvalue weighted by Crippen LogP contribution is -2.25. The van der Waals surface area contributed by atoms with Gasteiger partial charge in [-0.2, -0.15) is 4.98 Å². The van der Waals surface area contributed by atoms with Crippen molar-refractivity contribution in [1.29, 1.82) is 0 Å². The Morgan fingerprint density at radius 2 is 2.40 bits per heavy atom. The van der Waals surface area contributed by atoms with Crippen LogP contribution in [0.4, 0.5) is 4.39 Å². The number of aromatic nitrogens is 2. The van der Waals surface area contributed by atoms with Gasteiger partial charge < -0.3 is 14.6 Å². The first-order chi connectivity index (χ1) is 9.66. The molecular formula is C14H16FN3O2. The Morgan fingerprint density at radius 1 is 1.50 bits per heavy atom. The van der Waals surface area contributed by atoms with E-state index < -0.39 is 0 Å². The third-order valence-corrected chi connectivity index (χ3v) is 3.52. The molecule has 1 aromatic carbocycles. The largest absolute Gasteiger partial charge is 0.485 e. The molecule has 20 heavy (non-hydrogen) atoms. The lowest BCUT2D eigenvalue weighted by molar-refractivity contribution is 0.276. The van der Waals surface area contributed by atoms with Crippen LogP contribution in [0.2, 0.25) is 0 Å². The third kappa shape index (κ3) is 2.65. The zero-order valence-corrected chi connectivity index (χ0v) is 11.2. The highest BCUT2D eigenvalue weighted by molar-refractivity contribution is 5.22. The monoisotopic (exact) mass is 277 g/mol. The van der Waals surface area contributed by atoms with Crippen LogP contribution in [0, 0.1) is 5.82 Å². The number of rotatable bonds is 4. The Kier molecular flexibility index (Phi) is 3.40. The van der Waals surface area contributed by atoms with E-state index in [1.165, 1.54) is 12.1 Å². The van der Waals surface area contributed by atoms with Crippen molar-refractivity contribution in [1.82, 2.24) is 15.5 Å². The number of hydrogen-bond donors (Lipinski definition) is 1. The normalized spacial score (nSPS) is 22.1. The van der Waals surface area contributed by atoms with E-state index in [-0.39, 0.29) is 17.8 Å². The summed E-state index contributed by atoms with van der Waals surface area (Å²) in [6, 6.07) is 5.97. The molecule has 6 heteroatoms. The Hall–Kier alpha value is -1.95. The summed E-state index contributed by atoms with van der Waals surface area (Å²) in [5.74, 6) is 1.21. The van der Waals surface area contributed by atoms with Gasteiger partial charge in [-0.05, 0) is 32.0 Å². The van der Waals surface area contributed by atoms with Gasteiger partial charge in [-0.25, -0.2) is 4.39 Å². The fourth-order valence-electron chi connectivity index (χ4n) is 2.26. The maximum Gasteiger partial charge on any atom is 0.234 e. The Morgan fingerprint density at radius 3 is 3.15 bits per heavy atom. The van der Waals surface area contributed by atoms with Gasteiger partial charge in [-0.3, -0.25) is 0 Å². The molecule has 1 aliphatic rings. The molecule has 0 amide bonds. The first-order valence-electron chi connectivity index (χ1n) is 6.58. The van der Waals surface area contributed by atoms with Crippen LogP contribution in [-0.2, 0) is 12.0 Å². The van der Waals surface area contributed by atoms with E-state index in [2.05, 4.69) is 22.4 Å². The summed E-state index contributed by atoms with van der Waals surface area (Å²) in [6.45, 7) is 4.04. The van der Waals surface area contributed by atoms with Crippen LogP contribution in [0.25, 0.3) is 0 Å². The molecule has 1 unspecified atom stereocenters. The highest BCUT2D eigenvalue weighted by Crippen LogP contribution is 2.28. The SMILES string of the molecule is CC1(c2nc(COc3cccc(F)c3)no2)CCNC1. The van der Waals surface area contributed by atoms with E-state index in [1.54, 1.807) is 12.1 Å². The fraction of sp³-hybridized carbons (Fsp3) is 0.429. The van der Waals surface area contributed by atoms with Gasteiger partial charge in [0, 0.05) is 12.6 Å². The van der Waals surface area contributed by atoms with E-state index in [0.29, 0.717) is 17.5 Å². The number of hydrogen-bond acceptors (Lipinski definition) is 5. The maximum absolute atomic E-state index is 13.0. The van der Waals surface area contributed by atoms with Crippen molar-refractivity contribution in [2.24, 2.45) is 0 Å². The number of benzene rings is 1. The lowest BCUT2D eigenvalue weighted by Gasteiger charge is -2.15. The summed E-state index contributed by atoms with van der Waals surface area (Å²) < 4.78 is 23.8.